The molecule has 1 heterocycles. The lowest BCUT2D eigenvalue weighted by atomic mass is 10.1. The van der Waals surface area contributed by atoms with Crippen molar-refractivity contribution in [2.75, 3.05) is 13.1 Å². The summed E-state index contributed by atoms with van der Waals surface area (Å²) in [6.45, 7) is 4.20. The van der Waals surface area contributed by atoms with Gasteiger partial charge in [-0.2, -0.15) is 0 Å². The standard InChI is InChI=1S/C11H17NO/c1-9-5-6-10(11(9)13)12-7-3-2-4-8-12/h6,9H,2-5,7-8H2,1H3. The molecule has 0 bridgehead atoms. The van der Waals surface area contributed by atoms with E-state index in [9.17, 15) is 4.79 Å². The van der Waals surface area contributed by atoms with Crippen molar-refractivity contribution in [1.29, 1.82) is 0 Å². The molecule has 0 saturated carbocycles. The topological polar surface area (TPSA) is 20.3 Å². The minimum absolute atomic E-state index is 0.233. The first-order valence-electron chi connectivity index (χ1n) is 5.28. The number of hydrogen-bond acceptors (Lipinski definition) is 2. The van der Waals surface area contributed by atoms with Gasteiger partial charge in [0.25, 0.3) is 0 Å². The minimum atomic E-state index is 0.233. The van der Waals surface area contributed by atoms with Crippen LogP contribution >= 0.6 is 0 Å². The predicted octanol–water partition coefficient (Wildman–Crippen LogP) is 1.97. The van der Waals surface area contributed by atoms with Crippen molar-refractivity contribution in [3.63, 3.8) is 0 Å². The summed E-state index contributed by atoms with van der Waals surface area (Å²) in [5, 5.41) is 0. The maximum atomic E-state index is 11.7. The maximum Gasteiger partial charge on any atom is 0.181 e. The molecule has 0 amide bonds. The zero-order valence-corrected chi connectivity index (χ0v) is 8.25. The van der Waals surface area contributed by atoms with Crippen molar-refractivity contribution in [3.05, 3.63) is 11.8 Å². The molecule has 0 N–H and O–H groups in total. The second kappa shape index (κ2) is 3.52. The van der Waals surface area contributed by atoms with E-state index in [4.69, 9.17) is 0 Å². The average Bonchev–Trinajstić information content (AvgIpc) is 2.49. The highest BCUT2D eigenvalue weighted by Gasteiger charge is 2.27. The van der Waals surface area contributed by atoms with Crippen LogP contribution in [0.1, 0.15) is 32.6 Å². The van der Waals surface area contributed by atoms with E-state index < -0.39 is 0 Å². The molecule has 2 rings (SSSR count). The second-order valence-corrected chi connectivity index (χ2v) is 4.14. The molecule has 1 fully saturated rings. The first kappa shape index (κ1) is 8.79. The monoisotopic (exact) mass is 179 g/mol. The summed E-state index contributed by atoms with van der Waals surface area (Å²) >= 11 is 0. The molecule has 1 unspecified atom stereocenters. The number of nitrogens with zero attached hydrogens (tertiary/aromatic N) is 1. The molecule has 1 atom stereocenters. The van der Waals surface area contributed by atoms with Crippen LogP contribution in [0.3, 0.4) is 0 Å². The van der Waals surface area contributed by atoms with Crippen molar-refractivity contribution in [3.8, 4) is 0 Å². The van der Waals surface area contributed by atoms with E-state index in [0.29, 0.717) is 5.78 Å². The lowest BCUT2D eigenvalue weighted by Gasteiger charge is -2.29. The Morgan fingerprint density at radius 2 is 2.00 bits per heavy atom. The third kappa shape index (κ3) is 1.62. The van der Waals surface area contributed by atoms with E-state index in [1.165, 1.54) is 19.3 Å². The molecule has 1 aliphatic carbocycles. The third-order valence-electron chi connectivity index (χ3n) is 3.06. The van der Waals surface area contributed by atoms with Crippen LogP contribution in [0.15, 0.2) is 11.8 Å². The normalized spacial score (nSPS) is 29.3. The molecular formula is C11H17NO. The molecule has 0 spiro atoms. The van der Waals surface area contributed by atoms with Gasteiger partial charge >= 0.3 is 0 Å². The second-order valence-electron chi connectivity index (χ2n) is 4.14. The van der Waals surface area contributed by atoms with E-state index in [2.05, 4.69) is 11.0 Å². The zero-order valence-electron chi connectivity index (χ0n) is 8.25. The van der Waals surface area contributed by atoms with Crippen LogP contribution in [0.5, 0.6) is 0 Å². The highest BCUT2D eigenvalue weighted by atomic mass is 16.1. The third-order valence-corrected chi connectivity index (χ3v) is 3.06. The summed E-state index contributed by atoms with van der Waals surface area (Å²) in [5.74, 6) is 0.596. The number of rotatable bonds is 1. The summed E-state index contributed by atoms with van der Waals surface area (Å²) in [5.41, 5.74) is 1.01. The van der Waals surface area contributed by atoms with E-state index in [1.54, 1.807) is 0 Å². The first-order chi connectivity index (χ1) is 6.29. The van der Waals surface area contributed by atoms with Gasteiger partial charge in [0.1, 0.15) is 0 Å². The SMILES string of the molecule is CC1CC=C(N2CCCCC2)C1=O. The summed E-state index contributed by atoms with van der Waals surface area (Å²) in [6, 6.07) is 0. The number of allylic oxidation sites excluding steroid dienone is 2. The van der Waals surface area contributed by atoms with Crippen LogP contribution in [-0.4, -0.2) is 23.8 Å². The van der Waals surface area contributed by atoms with E-state index in [1.807, 2.05) is 6.92 Å². The molecule has 0 radical (unpaired) electrons. The number of piperidine rings is 1. The fraction of sp³-hybridized carbons (Fsp3) is 0.727. The molecule has 72 valence electrons. The van der Waals surface area contributed by atoms with Crippen molar-refractivity contribution in [1.82, 2.24) is 4.90 Å². The summed E-state index contributed by atoms with van der Waals surface area (Å²) in [4.78, 5) is 14.0. The van der Waals surface area contributed by atoms with Gasteiger partial charge < -0.3 is 4.90 Å². The smallest absolute Gasteiger partial charge is 0.181 e. The van der Waals surface area contributed by atoms with Crippen molar-refractivity contribution in [2.24, 2.45) is 5.92 Å². The maximum absolute atomic E-state index is 11.7. The number of hydrogen-bond donors (Lipinski definition) is 0. The van der Waals surface area contributed by atoms with Gasteiger partial charge in [0.15, 0.2) is 5.78 Å². The van der Waals surface area contributed by atoms with Gasteiger partial charge in [-0.25, -0.2) is 0 Å². The fourth-order valence-corrected chi connectivity index (χ4v) is 2.17. The largest absolute Gasteiger partial charge is 0.369 e. The van der Waals surface area contributed by atoms with Gasteiger partial charge in [0.05, 0.1) is 5.70 Å². The van der Waals surface area contributed by atoms with Gasteiger partial charge in [0, 0.05) is 19.0 Å². The predicted molar refractivity (Wildman–Crippen MR) is 52.3 cm³/mol. The summed E-state index contributed by atoms with van der Waals surface area (Å²) in [7, 11) is 0. The number of Topliss-reactive ketones (excluding diaryl/α,β-unsaturated/α-hetero) is 1. The van der Waals surface area contributed by atoms with Gasteiger partial charge in [-0.1, -0.05) is 13.0 Å². The quantitative estimate of drug-likeness (QED) is 0.613. The highest BCUT2D eigenvalue weighted by Crippen LogP contribution is 2.25. The van der Waals surface area contributed by atoms with Crippen LogP contribution in [0.2, 0.25) is 0 Å². The molecular weight excluding hydrogens is 162 g/mol. The molecule has 0 aromatic heterocycles. The van der Waals surface area contributed by atoms with Crippen LogP contribution in [0.25, 0.3) is 0 Å². The number of carbonyl (C=O) groups excluding carboxylic acids is 1. The Morgan fingerprint density at radius 3 is 2.54 bits per heavy atom. The highest BCUT2D eigenvalue weighted by molar-refractivity contribution is 5.98. The summed E-state index contributed by atoms with van der Waals surface area (Å²) < 4.78 is 0. The van der Waals surface area contributed by atoms with Crippen molar-refractivity contribution in [2.45, 2.75) is 32.6 Å². The Kier molecular flexibility index (Phi) is 2.38. The Bertz CT molecular complexity index is 238. The van der Waals surface area contributed by atoms with Crippen molar-refractivity contribution < 1.29 is 4.79 Å². The first-order valence-corrected chi connectivity index (χ1v) is 5.28. The Hall–Kier alpha value is -0.790. The number of carbonyl (C=O) groups is 1. The van der Waals surface area contributed by atoms with Crippen molar-refractivity contribution >= 4 is 5.78 Å². The fourth-order valence-electron chi connectivity index (χ4n) is 2.17. The van der Waals surface area contributed by atoms with Gasteiger partial charge in [-0.15, -0.1) is 0 Å². The van der Waals surface area contributed by atoms with Crippen LogP contribution in [0, 0.1) is 5.92 Å². The molecule has 2 aliphatic rings. The molecule has 0 aromatic rings. The number of ketones is 1. The molecule has 2 heteroatoms. The Labute approximate surface area is 79.6 Å². The van der Waals surface area contributed by atoms with E-state index in [0.717, 1.165) is 25.2 Å². The van der Waals surface area contributed by atoms with Crippen LogP contribution < -0.4 is 0 Å². The minimum Gasteiger partial charge on any atom is -0.369 e. The zero-order chi connectivity index (χ0) is 9.26. The Morgan fingerprint density at radius 1 is 1.31 bits per heavy atom. The van der Waals surface area contributed by atoms with E-state index in [-0.39, 0.29) is 5.92 Å². The van der Waals surface area contributed by atoms with Gasteiger partial charge in [0.2, 0.25) is 0 Å². The molecule has 1 aliphatic heterocycles. The van der Waals surface area contributed by atoms with Crippen LogP contribution in [0.4, 0.5) is 0 Å². The molecule has 13 heavy (non-hydrogen) atoms. The van der Waals surface area contributed by atoms with E-state index >= 15 is 0 Å². The number of likely N-dealkylation sites (tertiary alicyclic amines) is 1. The van der Waals surface area contributed by atoms with Gasteiger partial charge in [-0.3, -0.25) is 4.79 Å². The molecule has 1 saturated heterocycles. The Balaban J connectivity index is 2.04. The van der Waals surface area contributed by atoms with Gasteiger partial charge in [-0.05, 0) is 25.7 Å². The molecule has 2 nitrogen and oxygen atoms in total. The van der Waals surface area contributed by atoms with Crippen LogP contribution in [-0.2, 0) is 4.79 Å². The molecule has 0 aromatic carbocycles. The summed E-state index contributed by atoms with van der Waals surface area (Å²) in [6.07, 6.45) is 6.90. The average molecular weight is 179 g/mol. The lowest BCUT2D eigenvalue weighted by Crippen LogP contribution is -2.32. The lowest BCUT2D eigenvalue weighted by molar-refractivity contribution is -0.119.